The van der Waals surface area contributed by atoms with Gasteiger partial charge in [-0.1, -0.05) is 160 Å². The number of Topliss-reactive ketones (excluding diaryl/α,β-unsaturated/α-hetero) is 1. The summed E-state index contributed by atoms with van der Waals surface area (Å²) in [6.07, 6.45) is 18.5. The molecule has 0 bridgehead atoms. The third-order valence-corrected chi connectivity index (χ3v) is 11.9. The highest BCUT2D eigenvalue weighted by Gasteiger charge is 2.25. The molecule has 63 heavy (non-hydrogen) atoms. The molecule has 0 radical (unpaired) electrons. The average molecular weight is 865 g/mol. The van der Waals surface area contributed by atoms with E-state index in [2.05, 4.69) is 129 Å². The number of aliphatic hydroxyl groups is 2. The lowest BCUT2D eigenvalue weighted by molar-refractivity contribution is 0.0127. The van der Waals surface area contributed by atoms with E-state index in [1.165, 1.54) is 51.8 Å². The van der Waals surface area contributed by atoms with Gasteiger partial charge in [-0.3, -0.25) is 4.79 Å². The summed E-state index contributed by atoms with van der Waals surface area (Å²) in [7, 11) is 0. The molecule has 0 aliphatic heterocycles. The van der Waals surface area contributed by atoms with Crippen LogP contribution < -0.4 is 4.74 Å². The Morgan fingerprint density at radius 2 is 1.00 bits per heavy atom. The van der Waals surface area contributed by atoms with Gasteiger partial charge in [0.2, 0.25) is 0 Å². The van der Waals surface area contributed by atoms with Gasteiger partial charge in [0.05, 0.1) is 24.4 Å². The van der Waals surface area contributed by atoms with E-state index >= 15 is 0 Å². The van der Waals surface area contributed by atoms with Crippen LogP contribution in [0.15, 0.2) is 91.0 Å². The molecule has 0 saturated heterocycles. The highest BCUT2D eigenvalue weighted by atomic mass is 16.5. The van der Waals surface area contributed by atoms with Gasteiger partial charge < -0.3 is 19.7 Å². The van der Waals surface area contributed by atoms with E-state index in [-0.39, 0.29) is 5.78 Å². The van der Waals surface area contributed by atoms with Crippen molar-refractivity contribution in [2.45, 2.75) is 202 Å². The third kappa shape index (κ3) is 22.6. The first-order valence-electron chi connectivity index (χ1n) is 24.9. The van der Waals surface area contributed by atoms with Crippen LogP contribution in [-0.4, -0.2) is 40.4 Å². The van der Waals surface area contributed by atoms with Crippen LogP contribution in [0.25, 0.3) is 0 Å². The molecular weight excluding hydrogens is 777 g/mol. The second-order valence-electron chi connectivity index (χ2n) is 17.9. The van der Waals surface area contributed by atoms with Crippen LogP contribution in [0.2, 0.25) is 0 Å². The predicted molar refractivity (Wildman–Crippen MR) is 268 cm³/mol. The number of hydrogen-bond donors (Lipinski definition) is 2. The molecule has 0 amide bonds. The molecule has 0 atom stereocenters. The molecule has 0 fully saturated rings. The zero-order valence-corrected chi connectivity index (χ0v) is 41.3. The zero-order valence-electron chi connectivity index (χ0n) is 41.3. The number of carbonyl (C=O) groups is 1. The Morgan fingerprint density at radius 1 is 0.508 bits per heavy atom. The summed E-state index contributed by atoms with van der Waals surface area (Å²) in [6, 6.07) is 31.2. The largest absolute Gasteiger partial charge is 0.494 e. The van der Waals surface area contributed by atoms with Crippen LogP contribution in [-0.2, 0) is 37.0 Å². The van der Waals surface area contributed by atoms with E-state index in [1.807, 2.05) is 24.3 Å². The smallest absolute Gasteiger partial charge is 0.167 e. The standard InChI is InChI=1S/C20H24O.2C19H32O2/c1-4-5-10-17-11-7-12-18(13-17)20(21)14-19-15(2)8-6-9-16(19)3;1-4-11-19(20,12-5-2)13-10-17-8-7-9-18(15-17)16-21-14-6-3;1-4-7-15-21-18-10-8-9-17(16-18)11-14-19(20,12-5-2)13-6-3/h6-9,11-13H,4-5,10,14H2,1-3H3;7-9,15,20H,4-6,10-14,16H2,1-3H3;8-10,16,20H,4-7,11-15H2,1-3H3. The van der Waals surface area contributed by atoms with Crippen molar-refractivity contribution >= 4 is 5.78 Å². The van der Waals surface area contributed by atoms with Crippen LogP contribution in [0.1, 0.15) is 194 Å². The number of ketones is 1. The molecule has 5 nitrogen and oxygen atoms in total. The van der Waals surface area contributed by atoms with Gasteiger partial charge >= 0.3 is 0 Å². The van der Waals surface area contributed by atoms with E-state index in [1.54, 1.807) is 0 Å². The van der Waals surface area contributed by atoms with Crippen LogP contribution >= 0.6 is 0 Å². The SMILES string of the molecule is CCCCOc1cccc(CCC(O)(CCC)CCC)c1.CCCCc1cccc(C(=O)Cc2c(C)cccc2C)c1.CCCOCc1cccc(CCC(O)(CCC)CCC)c1. The number of carbonyl (C=O) groups excluding carboxylic acids is 1. The Hall–Kier alpha value is -3.77. The highest BCUT2D eigenvalue weighted by Crippen LogP contribution is 2.28. The Labute approximate surface area is 385 Å². The Balaban J connectivity index is 0.000000325. The van der Waals surface area contributed by atoms with Crippen molar-refractivity contribution in [1.82, 2.24) is 0 Å². The number of aryl methyl sites for hydroxylation is 5. The molecule has 350 valence electrons. The molecule has 2 N–H and O–H groups in total. The van der Waals surface area contributed by atoms with Crippen LogP contribution in [0, 0.1) is 13.8 Å². The predicted octanol–water partition coefficient (Wildman–Crippen LogP) is 15.1. The van der Waals surface area contributed by atoms with Crippen LogP contribution in [0.4, 0.5) is 0 Å². The van der Waals surface area contributed by atoms with Crippen molar-refractivity contribution in [3.63, 3.8) is 0 Å². The van der Waals surface area contributed by atoms with Crippen molar-refractivity contribution < 1.29 is 24.5 Å². The molecule has 0 spiro atoms. The van der Waals surface area contributed by atoms with Crippen LogP contribution in [0.3, 0.4) is 0 Å². The van der Waals surface area contributed by atoms with Gasteiger partial charge in [0.15, 0.2) is 5.78 Å². The summed E-state index contributed by atoms with van der Waals surface area (Å²) in [4.78, 5) is 12.5. The minimum atomic E-state index is -0.497. The lowest BCUT2D eigenvalue weighted by atomic mass is 9.86. The first-order valence-corrected chi connectivity index (χ1v) is 24.9. The summed E-state index contributed by atoms with van der Waals surface area (Å²) in [5, 5.41) is 21.4. The second-order valence-corrected chi connectivity index (χ2v) is 17.9. The highest BCUT2D eigenvalue weighted by molar-refractivity contribution is 5.98. The van der Waals surface area contributed by atoms with E-state index in [4.69, 9.17) is 9.47 Å². The molecule has 4 aromatic rings. The maximum Gasteiger partial charge on any atom is 0.167 e. The molecule has 0 aromatic heterocycles. The molecule has 5 heteroatoms. The molecular formula is C58H88O5. The van der Waals surface area contributed by atoms with Crippen LogP contribution in [0.5, 0.6) is 5.75 Å². The van der Waals surface area contributed by atoms with Crippen molar-refractivity contribution in [3.05, 3.63) is 136 Å². The minimum absolute atomic E-state index is 0.214. The number of ether oxygens (including phenoxy) is 2. The lowest BCUT2D eigenvalue weighted by Gasteiger charge is -2.27. The van der Waals surface area contributed by atoms with Crippen molar-refractivity contribution in [3.8, 4) is 5.75 Å². The van der Waals surface area contributed by atoms with Gasteiger partial charge in [-0.05, 0) is 148 Å². The van der Waals surface area contributed by atoms with Gasteiger partial charge in [0.25, 0.3) is 0 Å². The lowest BCUT2D eigenvalue weighted by Crippen LogP contribution is -2.28. The molecule has 0 aliphatic rings. The van der Waals surface area contributed by atoms with E-state index in [0.29, 0.717) is 13.0 Å². The van der Waals surface area contributed by atoms with Gasteiger partial charge in [0.1, 0.15) is 5.75 Å². The fourth-order valence-corrected chi connectivity index (χ4v) is 8.37. The minimum Gasteiger partial charge on any atom is -0.494 e. The normalized spacial score (nSPS) is 11.3. The fourth-order valence-electron chi connectivity index (χ4n) is 8.37. The quantitative estimate of drug-likeness (QED) is 0.0439. The number of unbranched alkanes of at least 4 members (excludes halogenated alkanes) is 2. The fraction of sp³-hybridized carbons (Fsp3) is 0.569. The Kier molecular flexibility index (Phi) is 28.1. The van der Waals surface area contributed by atoms with Crippen molar-refractivity contribution in [2.24, 2.45) is 0 Å². The van der Waals surface area contributed by atoms with E-state index in [0.717, 1.165) is 127 Å². The van der Waals surface area contributed by atoms with E-state index in [9.17, 15) is 15.0 Å². The monoisotopic (exact) mass is 865 g/mol. The van der Waals surface area contributed by atoms with Gasteiger partial charge in [-0.15, -0.1) is 0 Å². The molecule has 0 saturated carbocycles. The molecule has 0 heterocycles. The van der Waals surface area contributed by atoms with Gasteiger partial charge in [0, 0.05) is 18.6 Å². The molecule has 4 aromatic carbocycles. The number of rotatable bonds is 28. The maximum absolute atomic E-state index is 12.5. The molecule has 0 aliphatic carbocycles. The first kappa shape index (κ1) is 55.4. The average Bonchev–Trinajstić information content (AvgIpc) is 3.27. The van der Waals surface area contributed by atoms with Gasteiger partial charge in [-0.2, -0.15) is 0 Å². The van der Waals surface area contributed by atoms with Gasteiger partial charge in [-0.25, -0.2) is 0 Å². The summed E-state index contributed by atoms with van der Waals surface area (Å²) in [6.45, 7) is 21.5. The Bertz CT molecular complexity index is 1700. The summed E-state index contributed by atoms with van der Waals surface area (Å²) in [5.41, 5.74) is 8.48. The van der Waals surface area contributed by atoms with E-state index < -0.39 is 11.2 Å². The van der Waals surface area contributed by atoms with Crippen molar-refractivity contribution in [1.29, 1.82) is 0 Å². The topological polar surface area (TPSA) is 76.0 Å². The summed E-state index contributed by atoms with van der Waals surface area (Å²) >= 11 is 0. The molecule has 0 unspecified atom stereocenters. The second kappa shape index (κ2) is 32.0. The maximum atomic E-state index is 12.5. The number of hydrogen-bond acceptors (Lipinski definition) is 5. The third-order valence-electron chi connectivity index (χ3n) is 11.9. The number of benzene rings is 4. The zero-order chi connectivity index (χ0) is 46.4. The first-order chi connectivity index (χ1) is 30.4. The molecule has 4 rings (SSSR count). The van der Waals surface area contributed by atoms with Crippen molar-refractivity contribution in [2.75, 3.05) is 13.2 Å². The summed E-state index contributed by atoms with van der Waals surface area (Å²) < 4.78 is 11.3. The summed E-state index contributed by atoms with van der Waals surface area (Å²) in [5.74, 6) is 1.17. The Morgan fingerprint density at radius 3 is 1.54 bits per heavy atom.